The van der Waals surface area contributed by atoms with Gasteiger partial charge in [-0.1, -0.05) is 20.8 Å². The summed E-state index contributed by atoms with van der Waals surface area (Å²) in [6, 6.07) is 4.50. The van der Waals surface area contributed by atoms with E-state index in [2.05, 4.69) is 45.1 Å². The molecule has 0 atom stereocenters. The number of hydrogen-bond acceptors (Lipinski definition) is 2. The van der Waals surface area contributed by atoms with Gasteiger partial charge < -0.3 is 5.32 Å². The van der Waals surface area contributed by atoms with E-state index in [4.69, 9.17) is 0 Å². The van der Waals surface area contributed by atoms with Crippen LogP contribution in [0.2, 0.25) is 0 Å². The van der Waals surface area contributed by atoms with Crippen molar-refractivity contribution in [2.45, 2.75) is 47.0 Å². The third-order valence-corrected chi connectivity index (χ3v) is 3.93. The second-order valence-electron chi connectivity index (χ2n) is 5.35. The van der Waals surface area contributed by atoms with Crippen molar-refractivity contribution in [2.24, 2.45) is 5.41 Å². The molecule has 1 N–H and O–H groups in total. The Balaban J connectivity index is 2.29. The second-order valence-corrected chi connectivity index (χ2v) is 6.73. The van der Waals surface area contributed by atoms with Gasteiger partial charge in [0.2, 0.25) is 0 Å². The van der Waals surface area contributed by atoms with Crippen molar-refractivity contribution in [3.05, 3.63) is 21.9 Å². The average Bonchev–Trinajstić information content (AvgIpc) is 2.62. The van der Waals surface area contributed by atoms with Crippen LogP contribution in [-0.2, 0) is 6.42 Å². The van der Waals surface area contributed by atoms with Crippen molar-refractivity contribution in [3.8, 4) is 0 Å². The third kappa shape index (κ3) is 5.13. The maximum atomic E-state index is 3.52. The molecule has 0 saturated carbocycles. The minimum atomic E-state index is 0.410. The summed E-state index contributed by atoms with van der Waals surface area (Å²) in [7, 11) is 0. The highest BCUT2D eigenvalue weighted by atomic mass is 32.1. The Morgan fingerprint density at radius 3 is 2.62 bits per heavy atom. The van der Waals surface area contributed by atoms with Gasteiger partial charge in [0, 0.05) is 16.3 Å². The van der Waals surface area contributed by atoms with E-state index in [1.807, 2.05) is 11.3 Å². The van der Waals surface area contributed by atoms with Gasteiger partial charge in [-0.2, -0.15) is 0 Å². The van der Waals surface area contributed by atoms with E-state index < -0.39 is 0 Å². The summed E-state index contributed by atoms with van der Waals surface area (Å²) in [5.74, 6) is 0. The van der Waals surface area contributed by atoms with Gasteiger partial charge in [0.05, 0.1) is 0 Å². The first-order valence-electron chi connectivity index (χ1n) is 6.29. The first kappa shape index (κ1) is 13.7. The molecule has 1 aromatic rings. The molecule has 0 aliphatic carbocycles. The van der Waals surface area contributed by atoms with Crippen LogP contribution in [0.4, 0.5) is 0 Å². The standard InChI is InChI=1S/C14H25NS/c1-5-10-15-11-14(3,4)9-8-13-7-6-12(2)16-13/h6-7,15H,5,8-11H2,1-4H3. The largest absolute Gasteiger partial charge is 0.316 e. The smallest absolute Gasteiger partial charge is 0.00482 e. The van der Waals surface area contributed by atoms with Crippen LogP contribution >= 0.6 is 11.3 Å². The number of aryl methyl sites for hydroxylation is 2. The number of rotatable bonds is 7. The van der Waals surface area contributed by atoms with Crippen molar-refractivity contribution in [3.63, 3.8) is 0 Å². The third-order valence-electron chi connectivity index (χ3n) is 2.87. The first-order chi connectivity index (χ1) is 7.53. The molecule has 1 nitrogen and oxygen atoms in total. The highest BCUT2D eigenvalue weighted by Gasteiger charge is 2.17. The fourth-order valence-electron chi connectivity index (χ4n) is 1.77. The Kier molecular flexibility index (Phi) is 5.50. The number of hydrogen-bond donors (Lipinski definition) is 1. The fourth-order valence-corrected chi connectivity index (χ4v) is 2.66. The van der Waals surface area contributed by atoms with Crippen molar-refractivity contribution < 1.29 is 0 Å². The average molecular weight is 239 g/mol. The van der Waals surface area contributed by atoms with E-state index in [1.54, 1.807) is 0 Å². The summed E-state index contributed by atoms with van der Waals surface area (Å²) in [6.45, 7) is 11.4. The van der Waals surface area contributed by atoms with Crippen molar-refractivity contribution in [1.29, 1.82) is 0 Å². The highest BCUT2D eigenvalue weighted by molar-refractivity contribution is 7.11. The van der Waals surface area contributed by atoms with Gasteiger partial charge in [-0.25, -0.2) is 0 Å². The fraction of sp³-hybridized carbons (Fsp3) is 0.714. The lowest BCUT2D eigenvalue weighted by molar-refractivity contribution is 0.316. The van der Waals surface area contributed by atoms with Gasteiger partial charge in [-0.3, -0.25) is 0 Å². The van der Waals surface area contributed by atoms with Crippen LogP contribution in [0, 0.1) is 12.3 Å². The molecule has 0 aromatic carbocycles. The molecule has 1 aromatic heterocycles. The van der Waals surface area contributed by atoms with Crippen LogP contribution in [0.1, 0.15) is 43.4 Å². The zero-order valence-corrected chi connectivity index (χ0v) is 11.9. The van der Waals surface area contributed by atoms with Crippen LogP contribution in [-0.4, -0.2) is 13.1 Å². The van der Waals surface area contributed by atoms with Gasteiger partial charge in [0.1, 0.15) is 0 Å². The van der Waals surface area contributed by atoms with E-state index in [0.717, 1.165) is 13.1 Å². The maximum Gasteiger partial charge on any atom is 0.00482 e. The van der Waals surface area contributed by atoms with Crippen molar-refractivity contribution >= 4 is 11.3 Å². The maximum absolute atomic E-state index is 3.52. The van der Waals surface area contributed by atoms with E-state index in [9.17, 15) is 0 Å². The number of thiophene rings is 1. The molecule has 0 radical (unpaired) electrons. The quantitative estimate of drug-likeness (QED) is 0.709. The Bertz CT molecular complexity index is 301. The second kappa shape index (κ2) is 6.41. The molecule has 2 heteroatoms. The molecule has 0 spiro atoms. The Morgan fingerprint density at radius 1 is 1.31 bits per heavy atom. The van der Waals surface area contributed by atoms with Crippen LogP contribution in [0.15, 0.2) is 12.1 Å². The van der Waals surface area contributed by atoms with E-state index in [0.29, 0.717) is 5.41 Å². The van der Waals surface area contributed by atoms with E-state index in [1.165, 1.54) is 29.0 Å². The zero-order valence-electron chi connectivity index (χ0n) is 11.1. The molecule has 92 valence electrons. The molecular formula is C14H25NS. The highest BCUT2D eigenvalue weighted by Crippen LogP contribution is 2.25. The lowest BCUT2D eigenvalue weighted by Crippen LogP contribution is -2.30. The van der Waals surface area contributed by atoms with Gasteiger partial charge in [0.25, 0.3) is 0 Å². The predicted octanol–water partition coefficient (Wildman–Crippen LogP) is 4.01. The van der Waals surface area contributed by atoms with Crippen LogP contribution in [0.25, 0.3) is 0 Å². The van der Waals surface area contributed by atoms with Crippen LogP contribution < -0.4 is 5.32 Å². The molecule has 16 heavy (non-hydrogen) atoms. The summed E-state index contributed by atoms with van der Waals surface area (Å²) >= 11 is 1.94. The normalized spacial score (nSPS) is 12.0. The topological polar surface area (TPSA) is 12.0 Å². The first-order valence-corrected chi connectivity index (χ1v) is 7.11. The van der Waals surface area contributed by atoms with Gasteiger partial charge in [0.15, 0.2) is 0 Å². The minimum Gasteiger partial charge on any atom is -0.316 e. The summed E-state index contributed by atoms with van der Waals surface area (Å²) in [4.78, 5) is 2.96. The van der Waals surface area contributed by atoms with E-state index in [-0.39, 0.29) is 0 Å². The lowest BCUT2D eigenvalue weighted by Gasteiger charge is -2.24. The zero-order chi connectivity index (χ0) is 12.0. The molecule has 0 amide bonds. The summed E-state index contributed by atoms with van der Waals surface area (Å²) in [5.41, 5.74) is 0.410. The van der Waals surface area contributed by atoms with Gasteiger partial charge in [-0.05, 0) is 50.3 Å². The Labute approximate surface area is 104 Å². The minimum absolute atomic E-state index is 0.410. The van der Waals surface area contributed by atoms with Crippen LogP contribution in [0.5, 0.6) is 0 Å². The van der Waals surface area contributed by atoms with E-state index >= 15 is 0 Å². The molecule has 0 unspecified atom stereocenters. The van der Waals surface area contributed by atoms with Gasteiger partial charge in [-0.15, -0.1) is 11.3 Å². The summed E-state index contributed by atoms with van der Waals surface area (Å²) < 4.78 is 0. The summed E-state index contributed by atoms with van der Waals surface area (Å²) in [5, 5.41) is 3.52. The van der Waals surface area contributed by atoms with Crippen molar-refractivity contribution in [2.75, 3.05) is 13.1 Å². The molecule has 0 aliphatic rings. The Morgan fingerprint density at radius 2 is 2.06 bits per heavy atom. The molecule has 0 saturated heterocycles. The van der Waals surface area contributed by atoms with Gasteiger partial charge >= 0.3 is 0 Å². The molecule has 0 aliphatic heterocycles. The van der Waals surface area contributed by atoms with Crippen LogP contribution in [0.3, 0.4) is 0 Å². The number of nitrogens with one attached hydrogen (secondary N) is 1. The molecule has 0 fully saturated rings. The SMILES string of the molecule is CCCNCC(C)(C)CCc1ccc(C)s1. The predicted molar refractivity (Wildman–Crippen MR) is 74.3 cm³/mol. The molecule has 1 heterocycles. The Hall–Kier alpha value is -0.340. The molecule has 1 rings (SSSR count). The molecular weight excluding hydrogens is 214 g/mol. The molecule has 0 bridgehead atoms. The lowest BCUT2D eigenvalue weighted by atomic mass is 9.87. The monoisotopic (exact) mass is 239 g/mol. The summed E-state index contributed by atoms with van der Waals surface area (Å²) in [6.07, 6.45) is 3.71. The van der Waals surface area contributed by atoms with Crippen molar-refractivity contribution in [1.82, 2.24) is 5.32 Å².